The van der Waals surface area contributed by atoms with E-state index >= 15 is 0 Å². The summed E-state index contributed by atoms with van der Waals surface area (Å²) in [6, 6.07) is 5.17. The maximum absolute atomic E-state index is 13.1. The molecule has 21 heavy (non-hydrogen) atoms. The van der Waals surface area contributed by atoms with E-state index in [0.717, 1.165) is 6.42 Å². The molecule has 0 aromatic heterocycles. The summed E-state index contributed by atoms with van der Waals surface area (Å²) in [6.07, 6.45) is 0.0918. The summed E-state index contributed by atoms with van der Waals surface area (Å²) in [5.74, 6) is -1.70. The van der Waals surface area contributed by atoms with Gasteiger partial charge < -0.3 is 15.1 Å². The zero-order chi connectivity index (χ0) is 15.4. The summed E-state index contributed by atoms with van der Waals surface area (Å²) in [7, 11) is 0. The Morgan fingerprint density at radius 3 is 2.86 bits per heavy atom. The van der Waals surface area contributed by atoms with Crippen LogP contribution < -0.4 is 0 Å². The van der Waals surface area contributed by atoms with Gasteiger partial charge in [0.05, 0.1) is 18.9 Å². The number of aliphatic hydroxyl groups is 1. The fraction of sp³-hybridized carbons (Fsp3) is 0.467. The summed E-state index contributed by atoms with van der Waals surface area (Å²) in [4.78, 5) is 24.5. The molecule has 6 heteroatoms. The molecule has 1 aromatic carbocycles. The second-order valence-electron chi connectivity index (χ2n) is 5.26. The minimum absolute atomic E-state index is 0.0815. The minimum Gasteiger partial charge on any atom is -0.481 e. The number of aliphatic carboxylic acids is 1. The smallest absolute Gasteiger partial charge is 0.305 e. The van der Waals surface area contributed by atoms with Crippen molar-refractivity contribution in [1.82, 2.24) is 4.90 Å². The maximum atomic E-state index is 13.1. The molecule has 114 valence electrons. The van der Waals surface area contributed by atoms with Crippen LogP contribution in [-0.2, 0) is 9.59 Å². The third-order valence-electron chi connectivity index (χ3n) is 3.71. The number of benzene rings is 1. The van der Waals surface area contributed by atoms with E-state index in [-0.39, 0.29) is 24.8 Å². The molecular formula is C15H18FNO4. The molecule has 1 aromatic rings. The number of carbonyl (C=O) groups excluding carboxylic acids is 1. The second-order valence-corrected chi connectivity index (χ2v) is 5.26. The molecule has 1 heterocycles. The number of halogens is 1. The third-order valence-corrected chi connectivity index (χ3v) is 3.71. The highest BCUT2D eigenvalue weighted by Crippen LogP contribution is 2.24. The second kappa shape index (κ2) is 6.67. The van der Waals surface area contributed by atoms with Crippen LogP contribution in [0.15, 0.2) is 24.3 Å². The van der Waals surface area contributed by atoms with Crippen molar-refractivity contribution >= 4 is 11.9 Å². The first-order valence-corrected chi connectivity index (χ1v) is 6.92. The summed E-state index contributed by atoms with van der Waals surface area (Å²) in [5, 5.41) is 18.8. The van der Waals surface area contributed by atoms with Crippen molar-refractivity contribution in [3.05, 3.63) is 35.6 Å². The number of aliphatic hydroxyl groups excluding tert-OH is 1. The molecule has 1 saturated heterocycles. The van der Waals surface area contributed by atoms with Crippen LogP contribution in [0.25, 0.3) is 0 Å². The third kappa shape index (κ3) is 4.01. The molecular weight excluding hydrogens is 277 g/mol. The number of carbonyl (C=O) groups is 2. The van der Waals surface area contributed by atoms with E-state index in [9.17, 15) is 19.1 Å². The Kier molecular flexibility index (Phi) is 4.90. The van der Waals surface area contributed by atoms with Crippen molar-refractivity contribution < 1.29 is 24.2 Å². The Hall–Kier alpha value is -1.95. The molecule has 2 rings (SSSR count). The van der Waals surface area contributed by atoms with Gasteiger partial charge in [0, 0.05) is 12.6 Å². The normalized spacial score (nSPS) is 19.5. The van der Waals surface area contributed by atoms with Crippen molar-refractivity contribution in [3.8, 4) is 0 Å². The van der Waals surface area contributed by atoms with Gasteiger partial charge in [0.1, 0.15) is 5.82 Å². The molecule has 0 unspecified atom stereocenters. The fourth-order valence-electron chi connectivity index (χ4n) is 2.69. The zero-order valence-corrected chi connectivity index (χ0v) is 11.5. The van der Waals surface area contributed by atoms with E-state index in [4.69, 9.17) is 5.11 Å². The predicted molar refractivity (Wildman–Crippen MR) is 73.0 cm³/mol. The van der Waals surface area contributed by atoms with Crippen LogP contribution >= 0.6 is 0 Å². The van der Waals surface area contributed by atoms with E-state index in [1.807, 2.05) is 0 Å². The molecule has 1 aliphatic heterocycles. The molecule has 1 aliphatic rings. The number of hydrogen-bond acceptors (Lipinski definition) is 3. The lowest BCUT2D eigenvalue weighted by Gasteiger charge is -2.24. The van der Waals surface area contributed by atoms with Gasteiger partial charge in [0.25, 0.3) is 0 Å². The number of rotatable bonds is 5. The van der Waals surface area contributed by atoms with Gasteiger partial charge >= 0.3 is 5.97 Å². The highest BCUT2D eigenvalue weighted by atomic mass is 19.1. The zero-order valence-electron chi connectivity index (χ0n) is 11.5. The minimum atomic E-state index is -1.08. The van der Waals surface area contributed by atoms with Crippen molar-refractivity contribution in [2.24, 2.45) is 0 Å². The Morgan fingerprint density at radius 2 is 2.19 bits per heavy atom. The Balaban J connectivity index is 1.98. The van der Waals surface area contributed by atoms with Gasteiger partial charge in [-0.2, -0.15) is 0 Å². The quantitative estimate of drug-likeness (QED) is 0.867. The lowest BCUT2D eigenvalue weighted by molar-refractivity contribution is -0.140. The molecule has 1 fully saturated rings. The average molecular weight is 295 g/mol. The maximum Gasteiger partial charge on any atom is 0.305 e. The Morgan fingerprint density at radius 1 is 1.43 bits per heavy atom. The standard InChI is InChI=1S/C15H18FNO4/c16-11-4-1-3-10(7-11)13(18)9-14(19)17-6-2-5-12(17)8-15(20)21/h1,3-4,7,12-13,18H,2,5-6,8-9H2,(H,20,21)/t12-,13+/m0/s1. The van der Waals surface area contributed by atoms with Crippen LogP contribution in [0.4, 0.5) is 4.39 Å². The average Bonchev–Trinajstić information content (AvgIpc) is 2.86. The first-order valence-electron chi connectivity index (χ1n) is 6.92. The highest BCUT2D eigenvalue weighted by molar-refractivity contribution is 5.78. The van der Waals surface area contributed by atoms with E-state index < -0.39 is 17.9 Å². The number of hydrogen-bond donors (Lipinski definition) is 2. The number of carboxylic acid groups (broad SMARTS) is 1. The van der Waals surface area contributed by atoms with E-state index in [2.05, 4.69) is 0 Å². The predicted octanol–water partition coefficient (Wildman–Crippen LogP) is 1.71. The molecule has 0 bridgehead atoms. The number of carboxylic acids is 1. The van der Waals surface area contributed by atoms with E-state index in [0.29, 0.717) is 18.5 Å². The van der Waals surface area contributed by atoms with Crippen LogP contribution in [0.2, 0.25) is 0 Å². The monoisotopic (exact) mass is 295 g/mol. The summed E-state index contributed by atoms with van der Waals surface area (Å²) in [5.41, 5.74) is 0.345. The largest absolute Gasteiger partial charge is 0.481 e. The Labute approximate surface area is 122 Å². The molecule has 2 atom stereocenters. The first kappa shape index (κ1) is 15.4. The van der Waals surface area contributed by atoms with Crippen LogP contribution in [0, 0.1) is 5.82 Å². The number of nitrogens with zero attached hydrogens (tertiary/aromatic N) is 1. The molecule has 0 saturated carbocycles. The van der Waals surface area contributed by atoms with Crippen molar-refractivity contribution in [2.45, 2.75) is 37.8 Å². The van der Waals surface area contributed by atoms with Crippen molar-refractivity contribution in [1.29, 1.82) is 0 Å². The van der Waals surface area contributed by atoms with Gasteiger partial charge in [-0.15, -0.1) is 0 Å². The van der Waals surface area contributed by atoms with Gasteiger partial charge in [-0.1, -0.05) is 12.1 Å². The molecule has 5 nitrogen and oxygen atoms in total. The van der Waals surface area contributed by atoms with E-state index in [1.54, 1.807) is 6.07 Å². The SMILES string of the molecule is O=C(O)C[C@@H]1CCCN1C(=O)C[C@@H](O)c1cccc(F)c1. The number of likely N-dealkylation sites (tertiary alicyclic amines) is 1. The van der Waals surface area contributed by atoms with Gasteiger partial charge in [-0.05, 0) is 30.5 Å². The van der Waals surface area contributed by atoms with Gasteiger partial charge in [-0.25, -0.2) is 4.39 Å². The first-order chi connectivity index (χ1) is 9.97. The van der Waals surface area contributed by atoms with Gasteiger partial charge in [-0.3, -0.25) is 9.59 Å². The van der Waals surface area contributed by atoms with Crippen molar-refractivity contribution in [3.63, 3.8) is 0 Å². The topological polar surface area (TPSA) is 77.8 Å². The highest BCUT2D eigenvalue weighted by Gasteiger charge is 2.31. The lowest BCUT2D eigenvalue weighted by atomic mass is 10.1. The summed E-state index contributed by atoms with van der Waals surface area (Å²) >= 11 is 0. The van der Waals surface area contributed by atoms with Crippen LogP contribution in [0.3, 0.4) is 0 Å². The van der Waals surface area contributed by atoms with Crippen molar-refractivity contribution in [2.75, 3.05) is 6.54 Å². The van der Waals surface area contributed by atoms with E-state index in [1.165, 1.54) is 23.1 Å². The lowest BCUT2D eigenvalue weighted by Crippen LogP contribution is -2.37. The summed E-state index contributed by atoms with van der Waals surface area (Å²) in [6.45, 7) is 0.507. The summed E-state index contributed by atoms with van der Waals surface area (Å²) < 4.78 is 13.1. The molecule has 0 aliphatic carbocycles. The molecule has 0 radical (unpaired) electrons. The Bertz CT molecular complexity index is 534. The molecule has 2 N–H and O–H groups in total. The van der Waals surface area contributed by atoms with Crippen LogP contribution in [-0.4, -0.2) is 39.6 Å². The molecule has 0 spiro atoms. The number of amides is 1. The fourth-order valence-corrected chi connectivity index (χ4v) is 2.69. The molecule has 1 amide bonds. The van der Waals surface area contributed by atoms with Gasteiger partial charge in [0.2, 0.25) is 5.91 Å². The van der Waals surface area contributed by atoms with Crippen LogP contribution in [0.1, 0.15) is 37.4 Å². The van der Waals surface area contributed by atoms with Crippen LogP contribution in [0.5, 0.6) is 0 Å². The van der Waals surface area contributed by atoms with Gasteiger partial charge in [0.15, 0.2) is 0 Å².